The van der Waals surface area contributed by atoms with Gasteiger partial charge in [-0.25, -0.2) is 0 Å². The van der Waals surface area contributed by atoms with Crippen molar-refractivity contribution >= 4 is 0 Å². The molecule has 0 radical (unpaired) electrons. The zero-order valence-corrected chi connectivity index (χ0v) is 26.3. The number of nitrogens with zero attached hydrogens (tertiary/aromatic N) is 1. The molecule has 2 heteroatoms. The number of hydrogen-bond donors (Lipinski definition) is 0. The predicted molar refractivity (Wildman–Crippen MR) is 164 cm³/mol. The van der Waals surface area contributed by atoms with Crippen LogP contribution in [0.5, 0.6) is 0 Å². The maximum atomic E-state index is 4.44. The van der Waals surface area contributed by atoms with E-state index in [0.29, 0.717) is 0 Å². The highest BCUT2D eigenvalue weighted by Crippen LogP contribution is 2.33. The Hall–Kier alpha value is -0.790. The van der Waals surface area contributed by atoms with E-state index in [1.807, 2.05) is 0 Å². The fraction of sp³-hybridized carbons (Fsp3) is 0.771. The molecule has 0 bridgehead atoms. The van der Waals surface area contributed by atoms with Crippen molar-refractivity contribution in [3.05, 3.63) is 48.6 Å². The Kier molecular flexibility index (Phi) is 22.6. The van der Waals surface area contributed by atoms with Crippen LogP contribution in [0.1, 0.15) is 148 Å². The zero-order chi connectivity index (χ0) is 26.4. The normalized spacial score (nSPS) is 13.2. The molecule has 0 saturated heterocycles. The monoisotopic (exact) mass is 533 g/mol. The van der Waals surface area contributed by atoms with Crippen molar-refractivity contribution in [2.24, 2.45) is 0 Å². The molecule has 1 rings (SSSR count). The molecule has 0 aliphatic rings. The molecule has 0 fully saturated rings. The largest absolute Gasteiger partial charge is 1.00 e. The average Bonchev–Trinajstić information content (AvgIpc) is 2.88. The Labute approximate surface area is 239 Å². The van der Waals surface area contributed by atoms with Gasteiger partial charge in [-0.1, -0.05) is 153 Å². The van der Waals surface area contributed by atoms with Crippen LogP contribution >= 0.6 is 0 Å². The van der Waals surface area contributed by atoms with Crippen molar-refractivity contribution in [2.45, 2.75) is 154 Å². The van der Waals surface area contributed by atoms with Gasteiger partial charge in [0, 0.05) is 12.8 Å². The summed E-state index contributed by atoms with van der Waals surface area (Å²) in [5.74, 6) is 0. The summed E-state index contributed by atoms with van der Waals surface area (Å²) in [4.78, 5) is 0. The molecule has 1 unspecified atom stereocenters. The third-order valence-corrected chi connectivity index (χ3v) is 8.72. The van der Waals surface area contributed by atoms with Gasteiger partial charge in [0.15, 0.2) is 0 Å². The predicted octanol–water partition coefficient (Wildman–Crippen LogP) is 8.08. The van der Waals surface area contributed by atoms with E-state index in [0.717, 1.165) is 10.9 Å². The standard InChI is InChI=1S/C35H64N.ClH/c1-6-9-11-13-15-17-19-21-23-28-32-36(4,5)35(8-3,33-34-29-25-24-26-30-34)31-27-22-20-18-16-14-12-10-7-2;/h8,24-26,29-30H,3,6-7,9-23,27-28,31-33H2,1-2,4-5H3;1H/q+1;/p-1. The topological polar surface area (TPSA) is 0 Å². The number of hydrogen-bond acceptors (Lipinski definition) is 0. The van der Waals surface area contributed by atoms with E-state index in [9.17, 15) is 0 Å². The van der Waals surface area contributed by atoms with E-state index >= 15 is 0 Å². The number of unbranched alkanes of at least 4 members (excludes halogenated alkanes) is 17. The summed E-state index contributed by atoms with van der Waals surface area (Å²) in [6, 6.07) is 11.2. The van der Waals surface area contributed by atoms with Crippen molar-refractivity contribution in [1.29, 1.82) is 0 Å². The van der Waals surface area contributed by atoms with Gasteiger partial charge >= 0.3 is 0 Å². The van der Waals surface area contributed by atoms with Gasteiger partial charge in [0.1, 0.15) is 5.54 Å². The summed E-state index contributed by atoms with van der Waals surface area (Å²) >= 11 is 0. The number of halogens is 1. The summed E-state index contributed by atoms with van der Waals surface area (Å²) in [7, 11) is 4.96. The lowest BCUT2D eigenvalue weighted by molar-refractivity contribution is -0.935. The lowest BCUT2D eigenvalue weighted by Gasteiger charge is -2.48. The third-order valence-electron chi connectivity index (χ3n) is 8.72. The number of rotatable bonds is 25. The van der Waals surface area contributed by atoms with Gasteiger partial charge in [0.2, 0.25) is 0 Å². The first kappa shape index (κ1) is 36.2. The van der Waals surface area contributed by atoms with Crippen molar-refractivity contribution in [1.82, 2.24) is 0 Å². The molecule has 0 aliphatic carbocycles. The fourth-order valence-electron chi connectivity index (χ4n) is 5.93. The minimum atomic E-state index is 0. The van der Waals surface area contributed by atoms with Crippen LogP contribution < -0.4 is 12.4 Å². The van der Waals surface area contributed by atoms with E-state index in [2.05, 4.69) is 70.9 Å². The second-order valence-electron chi connectivity index (χ2n) is 12.1. The minimum Gasteiger partial charge on any atom is -1.00 e. The van der Waals surface area contributed by atoms with Crippen LogP contribution in [-0.2, 0) is 6.42 Å². The molecule has 1 atom stereocenters. The molecule has 0 spiro atoms. The van der Waals surface area contributed by atoms with Crippen molar-refractivity contribution < 1.29 is 16.9 Å². The van der Waals surface area contributed by atoms with Crippen LogP contribution in [0.25, 0.3) is 0 Å². The highest BCUT2D eigenvalue weighted by Gasteiger charge is 2.42. The van der Waals surface area contributed by atoms with E-state index in [1.54, 1.807) is 0 Å². The molecular weight excluding hydrogens is 470 g/mol. The fourth-order valence-corrected chi connectivity index (χ4v) is 5.93. The Balaban J connectivity index is 0.0000130. The van der Waals surface area contributed by atoms with Crippen LogP contribution in [0.4, 0.5) is 0 Å². The Morgan fingerprint density at radius 3 is 1.46 bits per heavy atom. The molecule has 0 amide bonds. The third kappa shape index (κ3) is 16.0. The van der Waals surface area contributed by atoms with Crippen molar-refractivity contribution in [3.63, 3.8) is 0 Å². The molecule has 216 valence electrons. The average molecular weight is 534 g/mol. The van der Waals surface area contributed by atoms with E-state index < -0.39 is 0 Å². The molecule has 1 nitrogen and oxygen atoms in total. The zero-order valence-electron chi connectivity index (χ0n) is 25.6. The summed E-state index contributed by atoms with van der Waals surface area (Å²) < 4.78 is 1.07. The quantitative estimate of drug-likeness (QED) is 0.0676. The molecule has 0 aliphatic heterocycles. The summed E-state index contributed by atoms with van der Waals surface area (Å²) in [5, 5.41) is 0. The minimum absolute atomic E-state index is 0. The van der Waals surface area contributed by atoms with Gasteiger partial charge < -0.3 is 16.9 Å². The van der Waals surface area contributed by atoms with Crippen LogP contribution in [0.3, 0.4) is 0 Å². The van der Waals surface area contributed by atoms with Crippen LogP contribution in [0.2, 0.25) is 0 Å². The highest BCUT2D eigenvalue weighted by atomic mass is 35.5. The van der Waals surface area contributed by atoms with Gasteiger partial charge in [-0.15, -0.1) is 0 Å². The molecular formula is C35H64ClN. The van der Waals surface area contributed by atoms with Crippen molar-refractivity contribution in [2.75, 3.05) is 20.6 Å². The SMILES string of the molecule is C=CC(CCCCCCCCCCC)(Cc1ccccc1)[N+](C)(C)CCCCCCCCCCCC.[Cl-]. The van der Waals surface area contributed by atoms with Gasteiger partial charge in [-0.2, -0.15) is 0 Å². The number of likely N-dealkylation sites (N-methyl/N-ethyl adjacent to an activating group) is 1. The van der Waals surface area contributed by atoms with Crippen LogP contribution in [-0.4, -0.2) is 30.7 Å². The summed E-state index contributed by atoms with van der Waals surface area (Å²) in [5.41, 5.74) is 1.59. The second kappa shape index (κ2) is 23.1. The molecule has 37 heavy (non-hydrogen) atoms. The van der Waals surface area contributed by atoms with Gasteiger partial charge in [-0.3, -0.25) is 0 Å². The van der Waals surface area contributed by atoms with E-state index in [4.69, 9.17) is 0 Å². The van der Waals surface area contributed by atoms with E-state index in [1.165, 1.54) is 141 Å². The van der Waals surface area contributed by atoms with Gasteiger partial charge in [-0.05, 0) is 30.9 Å². The van der Waals surface area contributed by atoms with E-state index in [-0.39, 0.29) is 17.9 Å². The molecule has 1 aromatic rings. The Bertz CT molecular complexity index is 625. The van der Waals surface area contributed by atoms with Crippen molar-refractivity contribution in [3.8, 4) is 0 Å². The van der Waals surface area contributed by atoms with Gasteiger partial charge in [0.25, 0.3) is 0 Å². The smallest absolute Gasteiger partial charge is 0.121 e. The Morgan fingerprint density at radius 2 is 1.03 bits per heavy atom. The lowest BCUT2D eigenvalue weighted by atomic mass is 9.82. The summed E-state index contributed by atoms with van der Waals surface area (Å²) in [6.45, 7) is 10.3. The first-order valence-corrected chi connectivity index (χ1v) is 16.0. The molecule has 0 saturated carbocycles. The number of benzene rings is 1. The molecule has 0 heterocycles. The first-order valence-electron chi connectivity index (χ1n) is 16.0. The second-order valence-corrected chi connectivity index (χ2v) is 12.1. The summed E-state index contributed by atoms with van der Waals surface area (Å²) in [6.07, 6.45) is 31.3. The lowest BCUT2D eigenvalue weighted by Crippen LogP contribution is -3.00. The Morgan fingerprint density at radius 1 is 0.622 bits per heavy atom. The molecule has 0 N–H and O–H groups in total. The first-order chi connectivity index (χ1) is 17.5. The molecule has 1 aromatic carbocycles. The number of quaternary nitrogens is 1. The molecule has 0 aromatic heterocycles. The maximum Gasteiger partial charge on any atom is 0.121 e. The van der Waals surface area contributed by atoms with Crippen LogP contribution in [0.15, 0.2) is 43.0 Å². The van der Waals surface area contributed by atoms with Crippen LogP contribution in [0, 0.1) is 0 Å². The maximum absolute atomic E-state index is 4.44. The van der Waals surface area contributed by atoms with Gasteiger partial charge in [0.05, 0.1) is 20.6 Å². The highest BCUT2D eigenvalue weighted by molar-refractivity contribution is 5.19.